The molecule has 0 spiro atoms. The third kappa shape index (κ3) is 4.94. The molecule has 200 valence electrons. The molecule has 0 unspecified atom stereocenters. The van der Waals surface area contributed by atoms with Gasteiger partial charge in [0.05, 0.1) is 25.3 Å². The summed E-state index contributed by atoms with van der Waals surface area (Å²) in [6, 6.07) is 41.2. The molecule has 6 aromatic rings. The van der Waals surface area contributed by atoms with Gasteiger partial charge in [-0.2, -0.15) is 5.26 Å². The first-order valence-electron chi connectivity index (χ1n) is 13.6. The second-order valence-corrected chi connectivity index (χ2v) is 10.1. The third-order valence-corrected chi connectivity index (χ3v) is 7.46. The number of anilines is 3. The molecule has 0 N–H and O–H groups in total. The summed E-state index contributed by atoms with van der Waals surface area (Å²) >= 11 is 0. The zero-order valence-corrected chi connectivity index (χ0v) is 23.4. The van der Waals surface area contributed by atoms with Gasteiger partial charge < -0.3 is 9.64 Å². The molecule has 0 saturated heterocycles. The highest BCUT2D eigenvalue weighted by Gasteiger charge is 2.15. The first-order valence-corrected chi connectivity index (χ1v) is 13.6. The second-order valence-electron chi connectivity index (χ2n) is 10.1. The van der Waals surface area contributed by atoms with Gasteiger partial charge in [0, 0.05) is 17.1 Å². The fourth-order valence-electron chi connectivity index (χ4n) is 5.37. The minimum Gasteiger partial charge on any atom is -0.497 e. The van der Waals surface area contributed by atoms with E-state index >= 15 is 0 Å². The van der Waals surface area contributed by atoms with E-state index in [1.54, 1.807) is 7.11 Å². The predicted molar refractivity (Wildman–Crippen MR) is 174 cm³/mol. The Labute approximate surface area is 245 Å². The average molecular weight is 542 g/mol. The summed E-state index contributed by atoms with van der Waals surface area (Å²) in [6.07, 6.45) is 4.12. The monoisotopic (exact) mass is 541 g/mol. The highest BCUT2D eigenvalue weighted by atomic mass is 16.5. The van der Waals surface area contributed by atoms with Gasteiger partial charge in [-0.3, -0.25) is 0 Å². The Balaban J connectivity index is 1.34. The highest BCUT2D eigenvalue weighted by Crippen LogP contribution is 2.39. The van der Waals surface area contributed by atoms with Crippen LogP contribution in [0, 0.1) is 24.8 Å². The van der Waals surface area contributed by atoms with Crippen LogP contribution in [0.3, 0.4) is 0 Å². The van der Waals surface area contributed by atoms with Gasteiger partial charge in [-0.05, 0) is 88.1 Å². The zero-order valence-electron chi connectivity index (χ0n) is 23.4. The number of nitriles is 1. The van der Waals surface area contributed by atoms with Crippen molar-refractivity contribution in [3.8, 4) is 11.8 Å². The van der Waals surface area contributed by atoms with Crippen molar-refractivity contribution in [1.29, 1.82) is 5.26 Å². The molecule has 42 heavy (non-hydrogen) atoms. The Morgan fingerprint density at radius 3 is 1.95 bits per heavy atom. The Morgan fingerprint density at radius 1 is 0.690 bits per heavy atom. The Morgan fingerprint density at radius 2 is 1.29 bits per heavy atom. The molecule has 0 saturated carbocycles. The number of hydrogen-bond acceptors (Lipinski definition) is 3. The van der Waals surface area contributed by atoms with Crippen molar-refractivity contribution in [3.63, 3.8) is 0 Å². The molecular weight excluding hydrogens is 514 g/mol. The van der Waals surface area contributed by atoms with Crippen molar-refractivity contribution < 1.29 is 4.74 Å². The van der Waals surface area contributed by atoms with E-state index in [1.807, 2.05) is 67.6 Å². The van der Waals surface area contributed by atoms with Crippen LogP contribution in [0.25, 0.3) is 38.5 Å². The maximum absolute atomic E-state index is 9.93. The van der Waals surface area contributed by atoms with E-state index < -0.39 is 0 Å². The van der Waals surface area contributed by atoms with Crippen molar-refractivity contribution in [1.82, 2.24) is 0 Å². The summed E-state index contributed by atoms with van der Waals surface area (Å²) in [4.78, 5) is 6.00. The van der Waals surface area contributed by atoms with E-state index in [2.05, 4.69) is 82.6 Å². The molecule has 4 nitrogen and oxygen atoms in total. The van der Waals surface area contributed by atoms with E-state index in [4.69, 9.17) is 11.3 Å². The van der Waals surface area contributed by atoms with E-state index in [0.29, 0.717) is 11.3 Å². The number of ether oxygens (including phenoxy) is 1. The van der Waals surface area contributed by atoms with Gasteiger partial charge in [0.1, 0.15) is 5.75 Å². The summed E-state index contributed by atoms with van der Waals surface area (Å²) in [7, 11) is 1.67. The van der Waals surface area contributed by atoms with E-state index in [9.17, 15) is 5.26 Å². The SMILES string of the molecule is [C-]#[N+]c1c(C#N)c2cc(C)ccc2c2ccc(C=Cc3ccc(N(c4ccccc4)c4ccc(OC)cc4)cc3)cc12. The minimum absolute atomic E-state index is 0.407. The lowest BCUT2D eigenvalue weighted by atomic mass is 9.93. The number of fused-ring (bicyclic) bond motifs is 3. The molecule has 0 aliphatic carbocycles. The summed E-state index contributed by atoms with van der Waals surface area (Å²) < 4.78 is 5.36. The van der Waals surface area contributed by atoms with Crippen LogP contribution < -0.4 is 9.64 Å². The number of methoxy groups -OCH3 is 1. The van der Waals surface area contributed by atoms with Crippen LogP contribution in [0.15, 0.2) is 115 Å². The third-order valence-electron chi connectivity index (χ3n) is 7.46. The first-order chi connectivity index (χ1) is 20.6. The predicted octanol–water partition coefficient (Wildman–Crippen LogP) is 10.4. The van der Waals surface area contributed by atoms with Crippen LogP contribution in [-0.2, 0) is 0 Å². The van der Waals surface area contributed by atoms with Crippen LogP contribution >= 0.6 is 0 Å². The van der Waals surface area contributed by atoms with Gasteiger partial charge in [0.15, 0.2) is 0 Å². The normalized spacial score (nSPS) is 11.0. The van der Waals surface area contributed by atoms with Crippen molar-refractivity contribution in [2.45, 2.75) is 6.92 Å². The molecule has 6 rings (SSSR count). The molecule has 0 fully saturated rings. The Kier molecular flexibility index (Phi) is 7.12. The molecule has 0 bridgehead atoms. The maximum Gasteiger partial charge on any atom is 0.212 e. The first kappa shape index (κ1) is 26.4. The number of hydrogen-bond donors (Lipinski definition) is 0. The average Bonchev–Trinajstić information content (AvgIpc) is 3.04. The van der Waals surface area contributed by atoms with E-state index in [0.717, 1.165) is 61.0 Å². The summed E-state index contributed by atoms with van der Waals surface area (Å²) in [5.41, 5.74) is 7.08. The van der Waals surface area contributed by atoms with Crippen LogP contribution in [0.1, 0.15) is 22.3 Å². The smallest absolute Gasteiger partial charge is 0.212 e. The molecule has 0 radical (unpaired) electrons. The molecule has 0 aromatic heterocycles. The van der Waals surface area contributed by atoms with Crippen LogP contribution in [-0.4, -0.2) is 7.11 Å². The molecular formula is C38H27N3O. The summed E-state index contributed by atoms with van der Waals surface area (Å²) in [5.74, 6) is 0.816. The van der Waals surface area contributed by atoms with Gasteiger partial charge in [-0.1, -0.05) is 84.4 Å². The van der Waals surface area contributed by atoms with Gasteiger partial charge in [-0.15, -0.1) is 0 Å². The Bertz CT molecular complexity index is 2030. The molecule has 0 aliphatic rings. The van der Waals surface area contributed by atoms with Gasteiger partial charge in [-0.25, -0.2) is 4.85 Å². The molecule has 6 aromatic carbocycles. The molecule has 0 amide bonds. The van der Waals surface area contributed by atoms with Crippen LogP contribution in [0.5, 0.6) is 5.75 Å². The number of nitrogens with zero attached hydrogens (tertiary/aromatic N) is 3. The lowest BCUT2D eigenvalue weighted by Crippen LogP contribution is -2.09. The van der Waals surface area contributed by atoms with Crippen molar-refractivity contribution in [2.24, 2.45) is 0 Å². The zero-order chi connectivity index (χ0) is 29.1. The molecule has 0 heterocycles. The van der Waals surface area contributed by atoms with Crippen LogP contribution in [0.2, 0.25) is 0 Å². The van der Waals surface area contributed by atoms with Gasteiger partial charge in [0.25, 0.3) is 0 Å². The summed E-state index contributed by atoms with van der Waals surface area (Å²) in [6.45, 7) is 9.85. The second kappa shape index (κ2) is 11.3. The number of aryl methyl sites for hydroxylation is 1. The van der Waals surface area contributed by atoms with E-state index in [-0.39, 0.29) is 0 Å². The number of rotatable bonds is 6. The molecule has 0 aliphatic heterocycles. The van der Waals surface area contributed by atoms with Crippen molar-refractivity contribution in [2.75, 3.05) is 12.0 Å². The van der Waals surface area contributed by atoms with Crippen molar-refractivity contribution >= 4 is 56.4 Å². The lowest BCUT2D eigenvalue weighted by Gasteiger charge is -2.25. The largest absolute Gasteiger partial charge is 0.497 e. The number of benzene rings is 6. The summed E-state index contributed by atoms with van der Waals surface area (Å²) in [5, 5.41) is 13.5. The fourth-order valence-corrected chi connectivity index (χ4v) is 5.37. The quantitative estimate of drug-likeness (QED) is 0.120. The molecule has 4 heteroatoms. The van der Waals surface area contributed by atoms with E-state index in [1.165, 1.54) is 0 Å². The highest BCUT2D eigenvalue weighted by molar-refractivity contribution is 6.17. The van der Waals surface area contributed by atoms with Gasteiger partial charge >= 0.3 is 0 Å². The van der Waals surface area contributed by atoms with Crippen molar-refractivity contribution in [3.05, 3.63) is 149 Å². The lowest BCUT2D eigenvalue weighted by molar-refractivity contribution is 0.415. The number of para-hydroxylation sites is 1. The van der Waals surface area contributed by atoms with Gasteiger partial charge in [0.2, 0.25) is 5.69 Å². The topological polar surface area (TPSA) is 40.6 Å². The van der Waals surface area contributed by atoms with Crippen LogP contribution in [0.4, 0.5) is 22.7 Å². The Hall–Kier alpha value is -5.84. The fraction of sp³-hybridized carbons (Fsp3) is 0.0526. The maximum atomic E-state index is 9.93. The standard InChI is InChI=1S/C38H27N3O/c1-26-9-21-33-34-22-14-28(24-36(34)38(40-2)37(25-39)35(33)23-26)11-10-27-12-15-30(16-13-27)41(29-7-5-4-6-8-29)31-17-19-32(42-3)20-18-31/h4-24H,1,3H3. The molecule has 0 atom stereocenters. The minimum atomic E-state index is 0.407.